The summed E-state index contributed by atoms with van der Waals surface area (Å²) in [7, 11) is -4.16. The summed E-state index contributed by atoms with van der Waals surface area (Å²) in [5.41, 5.74) is 1.94. The molecule has 0 spiro atoms. The van der Waals surface area contributed by atoms with Crippen molar-refractivity contribution >= 4 is 55.1 Å². The van der Waals surface area contributed by atoms with E-state index in [0.717, 1.165) is 32.7 Å². The first-order valence-corrected chi connectivity index (χ1v) is 17.0. The van der Waals surface area contributed by atoms with Gasteiger partial charge in [-0.3, -0.25) is 13.9 Å². The fourth-order valence-electron chi connectivity index (χ4n) is 4.75. The van der Waals surface area contributed by atoms with Gasteiger partial charge < -0.3 is 10.2 Å². The Bertz CT molecular complexity index is 1640. The van der Waals surface area contributed by atoms with Crippen LogP contribution in [0, 0.1) is 0 Å². The summed E-state index contributed by atoms with van der Waals surface area (Å²) in [6, 6.07) is 30.3. The average Bonchev–Trinajstić information content (AvgIpc) is 3.03. The molecule has 1 atom stereocenters. The smallest absolute Gasteiger partial charge is 0.264 e. The maximum atomic E-state index is 14.4. The predicted octanol–water partition coefficient (Wildman–Crippen LogP) is 6.85. The Morgan fingerprint density at radius 1 is 0.864 bits per heavy atom. The third-order valence-electron chi connectivity index (χ3n) is 7.07. The maximum absolute atomic E-state index is 14.4. The molecule has 1 N–H and O–H groups in total. The van der Waals surface area contributed by atoms with E-state index in [1.54, 1.807) is 42.5 Å². The summed E-state index contributed by atoms with van der Waals surface area (Å²) in [5, 5.41) is 3.43. The lowest BCUT2D eigenvalue weighted by Gasteiger charge is -2.34. The second kappa shape index (κ2) is 15.9. The fourth-order valence-corrected chi connectivity index (χ4v) is 6.76. The number of anilines is 1. The van der Waals surface area contributed by atoms with Gasteiger partial charge in [0.15, 0.2) is 0 Å². The number of rotatable bonds is 14. The highest BCUT2D eigenvalue weighted by atomic mass is 79.9. The van der Waals surface area contributed by atoms with Crippen LogP contribution in [0.1, 0.15) is 30.9 Å². The molecule has 0 fully saturated rings. The van der Waals surface area contributed by atoms with Crippen molar-refractivity contribution in [1.82, 2.24) is 10.2 Å². The van der Waals surface area contributed by atoms with Crippen LogP contribution < -0.4 is 9.62 Å². The van der Waals surface area contributed by atoms with Gasteiger partial charge in [0.1, 0.15) is 12.6 Å². The zero-order chi connectivity index (χ0) is 31.5. The third-order valence-corrected chi connectivity index (χ3v) is 9.60. The van der Waals surface area contributed by atoms with Crippen LogP contribution in [0.4, 0.5) is 5.69 Å². The maximum Gasteiger partial charge on any atom is 0.264 e. The van der Waals surface area contributed by atoms with Gasteiger partial charge in [-0.2, -0.15) is 0 Å². The quantitative estimate of drug-likeness (QED) is 0.146. The highest BCUT2D eigenvalue weighted by Crippen LogP contribution is 2.26. The number of carbonyl (C=O) groups is 2. The summed E-state index contributed by atoms with van der Waals surface area (Å²) < 4.78 is 29.9. The van der Waals surface area contributed by atoms with E-state index in [1.807, 2.05) is 61.5 Å². The van der Waals surface area contributed by atoms with Crippen LogP contribution in [0.25, 0.3) is 0 Å². The van der Waals surface area contributed by atoms with Crippen molar-refractivity contribution in [3.05, 3.63) is 130 Å². The van der Waals surface area contributed by atoms with Gasteiger partial charge in [-0.15, -0.1) is 0 Å². The molecule has 0 unspecified atom stereocenters. The van der Waals surface area contributed by atoms with Crippen LogP contribution >= 0.6 is 27.5 Å². The van der Waals surface area contributed by atoms with Crippen LogP contribution in [0.15, 0.2) is 119 Å². The molecule has 0 heterocycles. The molecule has 4 aromatic rings. The van der Waals surface area contributed by atoms with E-state index in [1.165, 1.54) is 17.0 Å². The second-order valence-corrected chi connectivity index (χ2v) is 13.5. The molecular formula is C34H35BrClN3O4S. The van der Waals surface area contributed by atoms with E-state index in [-0.39, 0.29) is 29.5 Å². The monoisotopic (exact) mass is 695 g/mol. The number of carbonyl (C=O) groups excluding carboxylic acids is 2. The van der Waals surface area contributed by atoms with E-state index in [2.05, 4.69) is 21.2 Å². The Morgan fingerprint density at radius 2 is 1.50 bits per heavy atom. The summed E-state index contributed by atoms with van der Waals surface area (Å²) in [6.07, 6.45) is 1.95. The molecule has 10 heteroatoms. The number of nitrogens with one attached hydrogen (secondary N) is 1. The topological polar surface area (TPSA) is 86.8 Å². The largest absolute Gasteiger partial charge is 0.354 e. The first-order valence-electron chi connectivity index (χ1n) is 14.4. The van der Waals surface area contributed by atoms with Gasteiger partial charge >= 0.3 is 0 Å². The zero-order valence-corrected chi connectivity index (χ0v) is 27.6. The van der Waals surface area contributed by atoms with Crippen molar-refractivity contribution in [2.24, 2.45) is 0 Å². The van der Waals surface area contributed by atoms with Crippen LogP contribution in [0.5, 0.6) is 0 Å². The van der Waals surface area contributed by atoms with Crippen molar-refractivity contribution in [3.63, 3.8) is 0 Å². The lowest BCUT2D eigenvalue weighted by atomic mass is 10.0. The van der Waals surface area contributed by atoms with Crippen LogP contribution in [-0.4, -0.2) is 44.3 Å². The van der Waals surface area contributed by atoms with Crippen LogP contribution in [0.3, 0.4) is 0 Å². The molecule has 7 nitrogen and oxygen atoms in total. The van der Waals surface area contributed by atoms with Gasteiger partial charge in [0.05, 0.1) is 10.6 Å². The first-order chi connectivity index (χ1) is 21.2. The van der Waals surface area contributed by atoms with Crippen molar-refractivity contribution in [2.75, 3.05) is 17.4 Å². The Morgan fingerprint density at radius 3 is 2.14 bits per heavy atom. The first kappa shape index (κ1) is 33.2. The Balaban J connectivity index is 1.78. The molecule has 4 aromatic carbocycles. The lowest BCUT2D eigenvalue weighted by molar-refractivity contribution is -0.140. The highest BCUT2D eigenvalue weighted by Gasteiger charge is 2.34. The molecule has 0 aromatic heterocycles. The van der Waals surface area contributed by atoms with Gasteiger partial charge in [0.25, 0.3) is 10.0 Å². The zero-order valence-electron chi connectivity index (χ0n) is 24.4. The molecule has 0 radical (unpaired) electrons. The number of amides is 2. The summed E-state index contributed by atoms with van der Waals surface area (Å²) in [5.74, 6) is -0.819. The number of unbranched alkanes of at least 4 members (excludes halogenated alkanes) is 1. The normalized spacial score (nSPS) is 11.9. The van der Waals surface area contributed by atoms with Gasteiger partial charge in [-0.1, -0.05) is 102 Å². The minimum absolute atomic E-state index is 0.0411. The van der Waals surface area contributed by atoms with E-state index in [4.69, 9.17) is 11.6 Å². The van der Waals surface area contributed by atoms with E-state index in [0.29, 0.717) is 11.6 Å². The van der Waals surface area contributed by atoms with Gasteiger partial charge in [-0.05, 0) is 66.1 Å². The number of nitrogens with zero attached hydrogens (tertiary/aromatic N) is 2. The molecule has 44 heavy (non-hydrogen) atoms. The molecule has 0 aliphatic carbocycles. The molecule has 0 saturated carbocycles. The highest BCUT2D eigenvalue weighted by molar-refractivity contribution is 9.10. The van der Waals surface area contributed by atoms with Gasteiger partial charge in [0, 0.05) is 29.0 Å². The molecule has 0 aliphatic rings. The summed E-state index contributed by atoms with van der Waals surface area (Å²) >= 11 is 9.62. The van der Waals surface area contributed by atoms with Crippen molar-refractivity contribution < 1.29 is 18.0 Å². The molecule has 2 amide bonds. The summed E-state index contributed by atoms with van der Waals surface area (Å²) in [6.45, 7) is 2.07. The Labute approximate surface area is 273 Å². The number of halogens is 2. The lowest BCUT2D eigenvalue weighted by Crippen LogP contribution is -2.53. The van der Waals surface area contributed by atoms with E-state index in [9.17, 15) is 18.0 Å². The molecular weight excluding hydrogens is 662 g/mol. The Hall–Kier alpha value is -3.66. The molecule has 0 saturated heterocycles. The number of sulfonamides is 1. The van der Waals surface area contributed by atoms with Crippen molar-refractivity contribution in [1.29, 1.82) is 0 Å². The minimum Gasteiger partial charge on any atom is -0.354 e. The number of benzene rings is 4. The van der Waals surface area contributed by atoms with Gasteiger partial charge in [-0.25, -0.2) is 8.42 Å². The average molecular weight is 697 g/mol. The molecule has 0 bridgehead atoms. The van der Waals surface area contributed by atoms with Crippen molar-refractivity contribution in [3.8, 4) is 0 Å². The van der Waals surface area contributed by atoms with Crippen LogP contribution in [0.2, 0.25) is 5.02 Å². The Kier molecular flexibility index (Phi) is 12.0. The minimum atomic E-state index is -4.16. The van der Waals surface area contributed by atoms with Gasteiger partial charge in [0.2, 0.25) is 11.8 Å². The van der Waals surface area contributed by atoms with E-state index >= 15 is 0 Å². The second-order valence-electron chi connectivity index (χ2n) is 10.3. The number of hydrogen-bond donors (Lipinski definition) is 1. The predicted molar refractivity (Wildman–Crippen MR) is 179 cm³/mol. The SMILES string of the molecule is CCCCNC(=O)[C@@H](Cc1ccccc1)N(Cc1cccc(Br)c1)C(=O)CN(c1ccc(Cl)cc1)S(=O)(=O)c1ccccc1. The molecule has 0 aliphatic heterocycles. The molecule has 4 rings (SSSR count). The van der Waals surface area contributed by atoms with Crippen LogP contribution in [-0.2, 0) is 32.6 Å². The summed E-state index contributed by atoms with van der Waals surface area (Å²) in [4.78, 5) is 29.7. The van der Waals surface area contributed by atoms with E-state index < -0.39 is 28.5 Å². The third kappa shape index (κ3) is 8.94. The standard InChI is InChI=1S/C34H35BrClN3O4S/c1-2-3-21-37-34(41)32(23-26-11-6-4-7-12-26)38(24-27-13-10-14-28(35)22-27)33(40)25-39(30-19-17-29(36)18-20-30)44(42,43)31-15-8-5-9-16-31/h4-20,22,32H,2-3,21,23-25H2,1H3,(H,37,41)/t32-/m1/s1. The number of hydrogen-bond acceptors (Lipinski definition) is 4. The fraction of sp³-hybridized carbons (Fsp3) is 0.235. The molecule has 230 valence electrons. The van der Waals surface area contributed by atoms with Crippen molar-refractivity contribution in [2.45, 2.75) is 43.7 Å².